The lowest BCUT2D eigenvalue weighted by Crippen LogP contribution is -2.59. The van der Waals surface area contributed by atoms with Crippen molar-refractivity contribution >= 4 is 11.8 Å². The molecule has 2 amide bonds. The minimum atomic E-state index is -0.358. The minimum absolute atomic E-state index is 0.0814. The second kappa shape index (κ2) is 7.23. The molecule has 1 N–H and O–H groups in total. The number of nitrogens with zero attached hydrogens (tertiary/aromatic N) is 2. The number of benzene rings is 1. The van der Waals surface area contributed by atoms with Crippen LogP contribution in [0.5, 0.6) is 0 Å². The van der Waals surface area contributed by atoms with Gasteiger partial charge in [0.05, 0.1) is 11.7 Å². The van der Waals surface area contributed by atoms with Crippen LogP contribution in [0, 0.1) is 12.8 Å². The van der Waals surface area contributed by atoms with E-state index in [4.69, 9.17) is 0 Å². The Balaban J connectivity index is 1.76. The van der Waals surface area contributed by atoms with Crippen LogP contribution in [0.25, 0.3) is 0 Å². The minimum Gasteiger partial charge on any atom is -0.338 e. The number of hydrogen-bond donors (Lipinski definition) is 1. The third kappa shape index (κ3) is 3.16. The molecule has 1 aromatic rings. The Labute approximate surface area is 156 Å². The van der Waals surface area contributed by atoms with Gasteiger partial charge in [0, 0.05) is 38.0 Å². The molecule has 2 fully saturated rings. The smallest absolute Gasteiger partial charge is 0.254 e. The van der Waals surface area contributed by atoms with Crippen molar-refractivity contribution in [1.82, 2.24) is 15.1 Å². The first-order valence-corrected chi connectivity index (χ1v) is 9.44. The molecule has 5 nitrogen and oxygen atoms in total. The quantitative estimate of drug-likeness (QED) is 0.845. The molecular formula is C21H29N3O2. The standard InChI is InChI=1S/C21H29N3O2/c1-5-12-24-20(26)18(15(2)3)22-21(24)10-13-23(14-11-21)19(25)17-9-7-6-8-16(17)4/h5-9,15,18,22H,1,10-14H2,2-4H3. The number of piperidine rings is 1. The molecule has 5 heteroatoms. The molecule has 0 aromatic heterocycles. The largest absolute Gasteiger partial charge is 0.338 e. The van der Waals surface area contributed by atoms with Crippen LogP contribution in [0.15, 0.2) is 36.9 Å². The Kier molecular flexibility index (Phi) is 5.19. The van der Waals surface area contributed by atoms with Gasteiger partial charge in [-0.2, -0.15) is 0 Å². The van der Waals surface area contributed by atoms with Crippen molar-refractivity contribution in [2.24, 2.45) is 5.92 Å². The summed E-state index contributed by atoms with van der Waals surface area (Å²) in [6.45, 7) is 11.7. The molecule has 0 aliphatic carbocycles. The first-order valence-electron chi connectivity index (χ1n) is 9.44. The highest BCUT2D eigenvalue weighted by molar-refractivity contribution is 5.95. The van der Waals surface area contributed by atoms with E-state index in [0.717, 1.165) is 24.0 Å². The number of rotatable bonds is 4. The summed E-state index contributed by atoms with van der Waals surface area (Å²) in [4.78, 5) is 29.5. The zero-order chi connectivity index (χ0) is 18.9. The third-order valence-electron chi connectivity index (χ3n) is 5.70. The van der Waals surface area contributed by atoms with Crippen molar-refractivity contribution in [3.63, 3.8) is 0 Å². The first-order chi connectivity index (χ1) is 12.4. The van der Waals surface area contributed by atoms with Crippen molar-refractivity contribution < 1.29 is 9.59 Å². The average molecular weight is 355 g/mol. The molecule has 2 aliphatic rings. The molecule has 26 heavy (non-hydrogen) atoms. The average Bonchev–Trinajstić information content (AvgIpc) is 2.89. The third-order valence-corrected chi connectivity index (χ3v) is 5.70. The van der Waals surface area contributed by atoms with Crippen molar-refractivity contribution in [1.29, 1.82) is 0 Å². The van der Waals surface area contributed by atoms with Crippen LogP contribution >= 0.6 is 0 Å². The van der Waals surface area contributed by atoms with Crippen LogP contribution in [0.2, 0.25) is 0 Å². The van der Waals surface area contributed by atoms with Crippen LogP contribution < -0.4 is 5.32 Å². The zero-order valence-corrected chi connectivity index (χ0v) is 16.0. The number of carbonyl (C=O) groups excluding carboxylic acids is 2. The van der Waals surface area contributed by atoms with Crippen LogP contribution in [0.3, 0.4) is 0 Å². The van der Waals surface area contributed by atoms with E-state index in [2.05, 4.69) is 25.7 Å². The monoisotopic (exact) mass is 355 g/mol. The van der Waals surface area contributed by atoms with Crippen LogP contribution in [-0.4, -0.2) is 53.0 Å². The molecule has 1 spiro atoms. The number of carbonyl (C=O) groups is 2. The lowest BCUT2D eigenvalue weighted by atomic mass is 9.94. The van der Waals surface area contributed by atoms with E-state index in [0.29, 0.717) is 19.6 Å². The van der Waals surface area contributed by atoms with Gasteiger partial charge in [-0.1, -0.05) is 38.1 Å². The molecule has 1 aromatic carbocycles. The van der Waals surface area contributed by atoms with Gasteiger partial charge in [-0.25, -0.2) is 0 Å². The summed E-state index contributed by atoms with van der Waals surface area (Å²) >= 11 is 0. The van der Waals surface area contributed by atoms with Crippen molar-refractivity contribution in [2.75, 3.05) is 19.6 Å². The maximum absolute atomic E-state index is 12.9. The Hall–Kier alpha value is -2.14. The van der Waals surface area contributed by atoms with E-state index in [1.807, 2.05) is 41.0 Å². The van der Waals surface area contributed by atoms with E-state index in [1.54, 1.807) is 6.08 Å². The molecular weight excluding hydrogens is 326 g/mol. The number of likely N-dealkylation sites (tertiary alicyclic amines) is 1. The van der Waals surface area contributed by atoms with Gasteiger partial charge in [0.25, 0.3) is 5.91 Å². The summed E-state index contributed by atoms with van der Waals surface area (Å²) in [5, 5.41) is 3.59. The van der Waals surface area contributed by atoms with Gasteiger partial charge in [-0.15, -0.1) is 6.58 Å². The maximum Gasteiger partial charge on any atom is 0.254 e. The Bertz CT molecular complexity index is 705. The van der Waals surface area contributed by atoms with Crippen LogP contribution in [-0.2, 0) is 4.79 Å². The van der Waals surface area contributed by atoms with Crippen molar-refractivity contribution in [3.8, 4) is 0 Å². The van der Waals surface area contributed by atoms with Gasteiger partial charge in [0.1, 0.15) is 0 Å². The topological polar surface area (TPSA) is 52.7 Å². The Morgan fingerprint density at radius 3 is 2.58 bits per heavy atom. The molecule has 140 valence electrons. The van der Waals surface area contributed by atoms with Crippen molar-refractivity contribution in [3.05, 3.63) is 48.0 Å². The highest BCUT2D eigenvalue weighted by Gasteiger charge is 2.52. The summed E-state index contributed by atoms with van der Waals surface area (Å²) in [5.41, 5.74) is 1.41. The lowest BCUT2D eigenvalue weighted by molar-refractivity contribution is -0.133. The number of hydrogen-bond acceptors (Lipinski definition) is 3. The summed E-state index contributed by atoms with van der Waals surface area (Å²) in [6, 6.07) is 7.55. The molecule has 0 bridgehead atoms. The van der Waals surface area contributed by atoms with Gasteiger partial charge < -0.3 is 9.80 Å². The SMILES string of the molecule is C=CCN1C(=O)C(C(C)C)NC12CCN(C(=O)c1ccccc1C)CC2. The zero-order valence-electron chi connectivity index (χ0n) is 16.0. The van der Waals surface area contributed by atoms with Crippen LogP contribution in [0.1, 0.15) is 42.6 Å². The molecule has 2 aliphatic heterocycles. The van der Waals surface area contributed by atoms with Gasteiger partial charge in [-0.3, -0.25) is 14.9 Å². The molecule has 1 unspecified atom stereocenters. The maximum atomic E-state index is 12.9. The van der Waals surface area contributed by atoms with Gasteiger partial charge in [0.15, 0.2) is 0 Å². The Morgan fingerprint density at radius 2 is 2.00 bits per heavy atom. The second-order valence-corrected chi connectivity index (χ2v) is 7.74. The van der Waals surface area contributed by atoms with E-state index < -0.39 is 0 Å². The molecule has 1 atom stereocenters. The molecule has 2 heterocycles. The van der Waals surface area contributed by atoms with E-state index in [9.17, 15) is 9.59 Å². The fourth-order valence-electron chi connectivity index (χ4n) is 4.13. The first kappa shape index (κ1) is 18.6. The van der Waals surface area contributed by atoms with Gasteiger partial charge in [0.2, 0.25) is 5.91 Å². The summed E-state index contributed by atoms with van der Waals surface area (Å²) in [5.74, 6) is 0.470. The predicted molar refractivity (Wildman–Crippen MR) is 103 cm³/mol. The molecule has 0 radical (unpaired) electrons. The summed E-state index contributed by atoms with van der Waals surface area (Å²) in [6.07, 6.45) is 3.27. The highest BCUT2D eigenvalue weighted by atomic mass is 16.2. The molecule has 2 saturated heterocycles. The lowest BCUT2D eigenvalue weighted by Gasteiger charge is -2.44. The normalized spacial score (nSPS) is 22.3. The number of amides is 2. The van der Waals surface area contributed by atoms with Crippen molar-refractivity contribution in [2.45, 2.75) is 45.3 Å². The van der Waals surface area contributed by atoms with E-state index in [-0.39, 0.29) is 29.4 Å². The van der Waals surface area contributed by atoms with Gasteiger partial charge in [-0.05, 0) is 24.5 Å². The fraction of sp³-hybridized carbons (Fsp3) is 0.524. The summed E-state index contributed by atoms with van der Waals surface area (Å²) in [7, 11) is 0. The summed E-state index contributed by atoms with van der Waals surface area (Å²) < 4.78 is 0. The van der Waals surface area contributed by atoms with Crippen LogP contribution in [0.4, 0.5) is 0 Å². The highest BCUT2D eigenvalue weighted by Crippen LogP contribution is 2.34. The Morgan fingerprint density at radius 1 is 1.35 bits per heavy atom. The predicted octanol–water partition coefficient (Wildman–Crippen LogP) is 2.57. The van der Waals surface area contributed by atoms with E-state index >= 15 is 0 Å². The number of nitrogens with one attached hydrogen (secondary N) is 1. The molecule has 3 rings (SSSR count). The number of aryl methyl sites for hydroxylation is 1. The van der Waals surface area contributed by atoms with Gasteiger partial charge >= 0.3 is 0 Å². The fourth-order valence-corrected chi connectivity index (χ4v) is 4.13. The molecule has 0 saturated carbocycles. The second-order valence-electron chi connectivity index (χ2n) is 7.74. The van der Waals surface area contributed by atoms with E-state index in [1.165, 1.54) is 0 Å².